The monoisotopic (exact) mass is 478 g/mol. The molecule has 2 rings (SSSR count). The largest absolute Gasteiger partial charge is 0.326 e. The van der Waals surface area contributed by atoms with Gasteiger partial charge < -0.3 is 11.5 Å². The third kappa shape index (κ3) is 3.29. The topological polar surface area (TPSA) is 52.0 Å². The lowest BCUT2D eigenvalue weighted by molar-refractivity contribution is -0.0116. The van der Waals surface area contributed by atoms with E-state index in [0.29, 0.717) is 0 Å². The van der Waals surface area contributed by atoms with Crippen molar-refractivity contribution in [3.05, 3.63) is 0 Å². The van der Waals surface area contributed by atoms with Gasteiger partial charge in [0.2, 0.25) is 0 Å². The maximum absolute atomic E-state index is 6.71. The van der Waals surface area contributed by atoms with Crippen LogP contribution >= 0.6 is 31.9 Å². The van der Waals surface area contributed by atoms with Gasteiger partial charge >= 0.3 is 0 Å². The lowest BCUT2D eigenvalue weighted by Gasteiger charge is -2.62. The Bertz CT molecular complexity index is 419. The Labute approximate surface area is 172 Å². The molecule has 148 valence electrons. The molecule has 25 heavy (non-hydrogen) atoms. The Morgan fingerprint density at radius 3 is 1.36 bits per heavy atom. The molecule has 0 radical (unpaired) electrons. The Morgan fingerprint density at radius 1 is 0.720 bits per heavy atom. The van der Waals surface area contributed by atoms with Crippen LogP contribution in [0.2, 0.25) is 0 Å². The first kappa shape index (κ1) is 22.2. The number of rotatable bonds is 6. The average molecular weight is 480 g/mol. The van der Waals surface area contributed by atoms with Crippen molar-refractivity contribution in [1.29, 1.82) is 0 Å². The first-order chi connectivity index (χ1) is 11.7. The quantitative estimate of drug-likeness (QED) is 0.440. The zero-order valence-electron chi connectivity index (χ0n) is 16.8. The molecule has 2 fully saturated rings. The maximum atomic E-state index is 6.71. The third-order valence-electron chi connectivity index (χ3n) is 8.34. The van der Waals surface area contributed by atoms with Crippen molar-refractivity contribution in [2.45, 2.75) is 119 Å². The first-order valence-electron chi connectivity index (χ1n) is 10.6. The highest BCUT2D eigenvalue weighted by Gasteiger charge is 2.60. The number of hydrogen-bond acceptors (Lipinski definition) is 2. The minimum absolute atomic E-state index is 0.0539. The van der Waals surface area contributed by atoms with Crippen LogP contribution < -0.4 is 11.5 Å². The number of alkyl halides is 2. The van der Waals surface area contributed by atoms with Crippen LogP contribution in [-0.4, -0.2) is 20.7 Å². The smallest absolute Gasteiger partial charge is 0.0462 e. The molecule has 0 aromatic rings. The zero-order chi connectivity index (χ0) is 18.9. The van der Waals surface area contributed by atoms with Gasteiger partial charge in [-0.25, -0.2) is 0 Å². The molecule has 0 aliphatic heterocycles. The summed E-state index contributed by atoms with van der Waals surface area (Å²) in [6.07, 6.45) is 13.2. The minimum atomic E-state index is 0.0539. The van der Waals surface area contributed by atoms with Crippen molar-refractivity contribution >= 4 is 31.9 Å². The third-order valence-corrected chi connectivity index (χ3v) is 12.3. The molecule has 0 heterocycles. The highest BCUT2D eigenvalue weighted by atomic mass is 79.9. The number of halogens is 2. The van der Waals surface area contributed by atoms with E-state index in [2.05, 4.69) is 59.6 Å². The minimum Gasteiger partial charge on any atom is -0.326 e. The standard InChI is InChI=1S/C21H40Br2N2/c1-5-18(13-9-11-16(24)20(18,22)7-3)15-19(6-2)14-10-12-17(25)21(19,23)8-4/h16-17H,5-15,24-25H2,1-4H3. The van der Waals surface area contributed by atoms with Gasteiger partial charge in [0.15, 0.2) is 0 Å². The molecule has 0 bridgehead atoms. The van der Waals surface area contributed by atoms with Crippen molar-refractivity contribution in [2.24, 2.45) is 22.3 Å². The lowest BCUT2D eigenvalue weighted by atomic mass is 9.50. The van der Waals surface area contributed by atoms with Crippen molar-refractivity contribution in [2.75, 3.05) is 0 Å². The lowest BCUT2D eigenvalue weighted by Crippen LogP contribution is -2.63. The van der Waals surface area contributed by atoms with Crippen LogP contribution in [0.1, 0.15) is 98.3 Å². The van der Waals surface area contributed by atoms with E-state index in [1.54, 1.807) is 0 Å². The number of nitrogens with two attached hydrogens (primary N) is 2. The first-order valence-corrected chi connectivity index (χ1v) is 12.2. The molecule has 2 aliphatic carbocycles. The fourth-order valence-corrected chi connectivity index (χ4v) is 8.26. The van der Waals surface area contributed by atoms with E-state index in [-0.39, 0.29) is 31.6 Å². The second kappa shape index (κ2) is 8.09. The van der Waals surface area contributed by atoms with Crippen molar-refractivity contribution in [3.8, 4) is 0 Å². The summed E-state index contributed by atoms with van der Waals surface area (Å²) in [4.78, 5) is 0. The summed E-state index contributed by atoms with van der Waals surface area (Å²) in [5, 5.41) is 0. The molecule has 6 unspecified atom stereocenters. The Hall–Kier alpha value is 0.880. The van der Waals surface area contributed by atoms with Gasteiger partial charge in [-0.2, -0.15) is 0 Å². The summed E-state index contributed by atoms with van der Waals surface area (Å²) in [6.45, 7) is 9.41. The van der Waals surface area contributed by atoms with Gasteiger partial charge in [0, 0.05) is 20.7 Å². The summed E-state index contributed by atoms with van der Waals surface area (Å²) in [5.74, 6) is 0. The van der Waals surface area contributed by atoms with Crippen LogP contribution in [0.5, 0.6) is 0 Å². The highest BCUT2D eigenvalue weighted by molar-refractivity contribution is 9.10. The maximum Gasteiger partial charge on any atom is 0.0462 e. The molecule has 2 aliphatic rings. The van der Waals surface area contributed by atoms with Crippen LogP contribution in [0.15, 0.2) is 0 Å². The molecule has 0 aromatic carbocycles. The van der Waals surface area contributed by atoms with Gasteiger partial charge in [-0.3, -0.25) is 0 Å². The van der Waals surface area contributed by atoms with Gasteiger partial charge in [-0.05, 0) is 68.6 Å². The van der Waals surface area contributed by atoms with E-state index in [9.17, 15) is 0 Å². The zero-order valence-corrected chi connectivity index (χ0v) is 20.0. The van der Waals surface area contributed by atoms with Gasteiger partial charge in [0.1, 0.15) is 0 Å². The van der Waals surface area contributed by atoms with Gasteiger partial charge in [0.05, 0.1) is 0 Å². The molecule has 2 saturated carbocycles. The normalized spacial score (nSPS) is 48.5. The summed E-state index contributed by atoms with van der Waals surface area (Å²) in [6, 6.07) is 0.507. The van der Waals surface area contributed by atoms with Crippen LogP contribution in [0.4, 0.5) is 0 Å². The summed E-state index contributed by atoms with van der Waals surface area (Å²) >= 11 is 8.45. The summed E-state index contributed by atoms with van der Waals surface area (Å²) < 4.78 is 0.108. The van der Waals surface area contributed by atoms with Crippen molar-refractivity contribution in [3.63, 3.8) is 0 Å². The van der Waals surface area contributed by atoms with Crippen LogP contribution in [0.25, 0.3) is 0 Å². The van der Waals surface area contributed by atoms with E-state index in [1.807, 2.05) is 0 Å². The predicted octanol–water partition coefficient (Wildman–Crippen LogP) is 6.28. The summed E-state index contributed by atoms with van der Waals surface area (Å²) in [5.41, 5.74) is 13.9. The molecule has 0 spiro atoms. The van der Waals surface area contributed by atoms with Crippen LogP contribution in [0, 0.1) is 10.8 Å². The van der Waals surface area contributed by atoms with E-state index in [0.717, 1.165) is 25.7 Å². The van der Waals surface area contributed by atoms with Crippen molar-refractivity contribution < 1.29 is 0 Å². The second-order valence-electron chi connectivity index (χ2n) is 8.87. The van der Waals surface area contributed by atoms with Crippen molar-refractivity contribution in [1.82, 2.24) is 0 Å². The van der Waals surface area contributed by atoms with Gasteiger partial charge in [-0.15, -0.1) is 0 Å². The fraction of sp³-hybridized carbons (Fsp3) is 1.00. The predicted molar refractivity (Wildman–Crippen MR) is 118 cm³/mol. The van der Waals surface area contributed by atoms with E-state index < -0.39 is 0 Å². The van der Waals surface area contributed by atoms with E-state index in [4.69, 9.17) is 11.5 Å². The summed E-state index contributed by atoms with van der Waals surface area (Å²) in [7, 11) is 0. The molecule has 6 atom stereocenters. The molecule has 4 heteroatoms. The number of hydrogen-bond donors (Lipinski definition) is 2. The van der Waals surface area contributed by atoms with Crippen LogP contribution in [0.3, 0.4) is 0 Å². The average Bonchev–Trinajstić information content (AvgIpc) is 2.62. The van der Waals surface area contributed by atoms with Gasteiger partial charge in [-0.1, -0.05) is 72.4 Å². The molecule has 2 nitrogen and oxygen atoms in total. The Morgan fingerprint density at radius 2 is 1.08 bits per heavy atom. The van der Waals surface area contributed by atoms with Crippen LogP contribution in [-0.2, 0) is 0 Å². The molecule has 0 aromatic heterocycles. The molecule has 0 amide bonds. The second-order valence-corrected chi connectivity index (χ2v) is 11.7. The molecule has 4 N–H and O–H groups in total. The Balaban J connectivity index is 2.50. The molecule has 0 saturated heterocycles. The van der Waals surface area contributed by atoms with E-state index >= 15 is 0 Å². The highest BCUT2D eigenvalue weighted by Crippen LogP contribution is 2.64. The molecular weight excluding hydrogens is 440 g/mol. The Kier molecular flexibility index (Phi) is 7.17. The molecular formula is C21H40Br2N2. The fourth-order valence-electron chi connectivity index (χ4n) is 6.56. The van der Waals surface area contributed by atoms with E-state index in [1.165, 1.54) is 44.9 Å². The van der Waals surface area contributed by atoms with Gasteiger partial charge in [0.25, 0.3) is 0 Å². The SMILES string of the molecule is CCC1(CC2(CC)CCCC(N)C2(Br)CC)CCCC(N)C1(Br)CC.